The highest BCUT2D eigenvalue weighted by atomic mass is 79.9. The van der Waals surface area contributed by atoms with Crippen LogP contribution >= 0.6 is 15.9 Å². The van der Waals surface area contributed by atoms with E-state index in [0.29, 0.717) is 6.42 Å². The predicted octanol–water partition coefficient (Wildman–Crippen LogP) is 2.90. The van der Waals surface area contributed by atoms with Gasteiger partial charge >= 0.3 is 5.97 Å². The third kappa shape index (κ3) is 1.91. The average molecular weight is 273 g/mol. The molecule has 2 atom stereocenters. The van der Waals surface area contributed by atoms with Crippen LogP contribution in [0.15, 0.2) is 22.7 Å². The SMILES string of the molecule is O=C(O)C(F)C1CCc2cc(Br)ccc21. The minimum absolute atomic E-state index is 0.481. The van der Waals surface area contributed by atoms with Crippen molar-refractivity contribution in [3.63, 3.8) is 0 Å². The summed E-state index contributed by atoms with van der Waals surface area (Å²) in [5, 5.41) is 8.64. The van der Waals surface area contributed by atoms with E-state index >= 15 is 0 Å². The van der Waals surface area contributed by atoms with E-state index < -0.39 is 18.1 Å². The van der Waals surface area contributed by atoms with E-state index in [0.717, 1.165) is 22.0 Å². The molecule has 0 bridgehead atoms. The largest absolute Gasteiger partial charge is 0.479 e. The van der Waals surface area contributed by atoms with E-state index in [9.17, 15) is 9.18 Å². The molecule has 4 heteroatoms. The van der Waals surface area contributed by atoms with E-state index in [4.69, 9.17) is 5.11 Å². The zero-order chi connectivity index (χ0) is 11.0. The fourth-order valence-electron chi connectivity index (χ4n) is 2.10. The molecule has 0 spiro atoms. The molecule has 2 rings (SSSR count). The Kier molecular flexibility index (Phi) is 2.78. The fraction of sp³-hybridized carbons (Fsp3) is 0.364. The maximum Gasteiger partial charge on any atom is 0.338 e. The van der Waals surface area contributed by atoms with Crippen LogP contribution in [0.1, 0.15) is 23.5 Å². The molecule has 0 aliphatic heterocycles. The highest BCUT2D eigenvalue weighted by molar-refractivity contribution is 9.10. The number of halogens is 2. The molecule has 2 nitrogen and oxygen atoms in total. The van der Waals surface area contributed by atoms with Crippen LogP contribution in [0, 0.1) is 0 Å². The number of hydrogen-bond acceptors (Lipinski definition) is 1. The molecule has 80 valence electrons. The summed E-state index contributed by atoms with van der Waals surface area (Å²) in [5.41, 5.74) is 1.89. The highest BCUT2D eigenvalue weighted by Crippen LogP contribution is 2.37. The van der Waals surface area contributed by atoms with Gasteiger partial charge in [-0.05, 0) is 36.1 Å². The zero-order valence-corrected chi connectivity index (χ0v) is 9.50. The molecule has 0 aromatic heterocycles. The zero-order valence-electron chi connectivity index (χ0n) is 7.91. The quantitative estimate of drug-likeness (QED) is 0.899. The van der Waals surface area contributed by atoms with Crippen molar-refractivity contribution < 1.29 is 14.3 Å². The molecule has 2 unspecified atom stereocenters. The molecule has 15 heavy (non-hydrogen) atoms. The summed E-state index contributed by atoms with van der Waals surface area (Å²) in [5.74, 6) is -1.85. The Labute approximate surface area is 95.2 Å². The number of aliphatic carboxylic acids is 1. The maximum atomic E-state index is 13.4. The lowest BCUT2D eigenvalue weighted by molar-refractivity contribution is -0.143. The number of hydrogen-bond donors (Lipinski definition) is 1. The second-order valence-corrected chi connectivity index (χ2v) is 4.64. The van der Waals surface area contributed by atoms with Gasteiger partial charge in [-0.1, -0.05) is 22.0 Å². The molecular formula is C11H10BrFO2. The number of rotatable bonds is 2. The molecule has 1 aliphatic rings. The van der Waals surface area contributed by atoms with Gasteiger partial charge in [0.2, 0.25) is 6.17 Å². The monoisotopic (exact) mass is 272 g/mol. The topological polar surface area (TPSA) is 37.3 Å². The summed E-state index contributed by atoms with van der Waals surface area (Å²) < 4.78 is 14.4. The summed E-state index contributed by atoms with van der Waals surface area (Å²) in [6.45, 7) is 0. The van der Waals surface area contributed by atoms with Gasteiger partial charge in [-0.25, -0.2) is 9.18 Å². The normalized spacial score (nSPS) is 21.1. The van der Waals surface area contributed by atoms with Crippen LogP contribution in [0.3, 0.4) is 0 Å². The molecule has 0 saturated heterocycles. The summed E-state index contributed by atoms with van der Waals surface area (Å²) in [7, 11) is 0. The Morgan fingerprint density at radius 1 is 1.60 bits per heavy atom. The molecule has 1 aromatic carbocycles. The Morgan fingerprint density at radius 2 is 2.33 bits per heavy atom. The Hall–Kier alpha value is -0.900. The maximum absolute atomic E-state index is 13.4. The van der Waals surface area contributed by atoms with Crippen molar-refractivity contribution in [2.24, 2.45) is 0 Å². The van der Waals surface area contributed by atoms with E-state index in [-0.39, 0.29) is 0 Å². The first-order chi connectivity index (χ1) is 7.09. The summed E-state index contributed by atoms with van der Waals surface area (Å²) in [6.07, 6.45) is -0.445. The minimum Gasteiger partial charge on any atom is -0.479 e. The number of alkyl halides is 1. The number of carboxylic acids is 1. The first kappa shape index (κ1) is 10.6. The molecule has 0 fully saturated rings. The van der Waals surface area contributed by atoms with Crippen LogP contribution in [0.25, 0.3) is 0 Å². The fourth-order valence-corrected chi connectivity index (χ4v) is 2.50. The highest BCUT2D eigenvalue weighted by Gasteiger charge is 2.34. The Balaban J connectivity index is 2.32. The van der Waals surface area contributed by atoms with Gasteiger partial charge < -0.3 is 5.11 Å². The third-order valence-corrected chi connectivity index (χ3v) is 3.31. The lowest BCUT2D eigenvalue weighted by Crippen LogP contribution is -2.21. The van der Waals surface area contributed by atoms with Crippen molar-refractivity contribution in [3.05, 3.63) is 33.8 Å². The molecule has 1 aromatic rings. The average Bonchev–Trinajstić information content (AvgIpc) is 2.59. The van der Waals surface area contributed by atoms with Gasteiger partial charge in [-0.15, -0.1) is 0 Å². The first-order valence-electron chi connectivity index (χ1n) is 4.75. The van der Waals surface area contributed by atoms with Crippen molar-refractivity contribution in [3.8, 4) is 0 Å². The smallest absolute Gasteiger partial charge is 0.338 e. The second kappa shape index (κ2) is 3.93. The number of aryl methyl sites for hydroxylation is 1. The molecule has 0 saturated carbocycles. The van der Waals surface area contributed by atoms with Crippen molar-refractivity contribution >= 4 is 21.9 Å². The van der Waals surface area contributed by atoms with Crippen LogP contribution in [0.4, 0.5) is 4.39 Å². The van der Waals surface area contributed by atoms with Gasteiger partial charge in [-0.2, -0.15) is 0 Å². The lowest BCUT2D eigenvalue weighted by atomic mass is 9.96. The lowest BCUT2D eigenvalue weighted by Gasteiger charge is -2.12. The van der Waals surface area contributed by atoms with Gasteiger partial charge in [0.1, 0.15) is 0 Å². The Morgan fingerprint density at radius 3 is 3.00 bits per heavy atom. The summed E-state index contributed by atoms with van der Waals surface area (Å²) in [6, 6.07) is 5.57. The molecule has 0 radical (unpaired) electrons. The Bertz CT molecular complexity index is 406. The van der Waals surface area contributed by atoms with Gasteiger partial charge in [0, 0.05) is 10.4 Å². The van der Waals surface area contributed by atoms with Crippen molar-refractivity contribution in [2.45, 2.75) is 24.9 Å². The number of carboxylic acid groups (broad SMARTS) is 1. The van der Waals surface area contributed by atoms with Gasteiger partial charge in [0.25, 0.3) is 0 Å². The summed E-state index contributed by atoms with van der Waals surface area (Å²) in [4.78, 5) is 10.6. The van der Waals surface area contributed by atoms with Gasteiger partial charge in [-0.3, -0.25) is 0 Å². The van der Waals surface area contributed by atoms with Crippen LogP contribution in [0.2, 0.25) is 0 Å². The number of benzene rings is 1. The molecular weight excluding hydrogens is 263 g/mol. The molecule has 1 aliphatic carbocycles. The van der Waals surface area contributed by atoms with Gasteiger partial charge in [0.05, 0.1) is 0 Å². The van der Waals surface area contributed by atoms with Gasteiger partial charge in [0.15, 0.2) is 0 Å². The van der Waals surface area contributed by atoms with Crippen molar-refractivity contribution in [1.82, 2.24) is 0 Å². The third-order valence-electron chi connectivity index (χ3n) is 2.82. The summed E-state index contributed by atoms with van der Waals surface area (Å²) >= 11 is 3.34. The van der Waals surface area contributed by atoms with Crippen molar-refractivity contribution in [1.29, 1.82) is 0 Å². The second-order valence-electron chi connectivity index (χ2n) is 3.73. The standard InChI is InChI=1S/C11H10BrFO2/c12-7-2-4-8-6(5-7)1-3-9(8)10(13)11(14)15/h2,4-5,9-10H,1,3H2,(H,14,15). The van der Waals surface area contributed by atoms with Crippen LogP contribution in [-0.2, 0) is 11.2 Å². The van der Waals surface area contributed by atoms with E-state index in [2.05, 4.69) is 15.9 Å². The number of carbonyl (C=O) groups is 1. The van der Waals surface area contributed by atoms with Crippen LogP contribution in [-0.4, -0.2) is 17.2 Å². The molecule has 1 N–H and O–H groups in total. The minimum atomic E-state index is -1.78. The van der Waals surface area contributed by atoms with Crippen LogP contribution < -0.4 is 0 Å². The molecule has 0 heterocycles. The number of fused-ring (bicyclic) bond motifs is 1. The van der Waals surface area contributed by atoms with Crippen LogP contribution in [0.5, 0.6) is 0 Å². The van der Waals surface area contributed by atoms with E-state index in [1.54, 1.807) is 0 Å². The van der Waals surface area contributed by atoms with E-state index in [1.807, 2.05) is 18.2 Å². The van der Waals surface area contributed by atoms with E-state index in [1.165, 1.54) is 0 Å². The first-order valence-corrected chi connectivity index (χ1v) is 5.54. The molecule has 0 amide bonds. The predicted molar refractivity (Wildman–Crippen MR) is 57.7 cm³/mol. The van der Waals surface area contributed by atoms with Crippen molar-refractivity contribution in [2.75, 3.05) is 0 Å².